The molecular formula is C16H24N4O. The van der Waals surface area contributed by atoms with Crippen molar-refractivity contribution in [2.24, 2.45) is 12.8 Å². The third kappa shape index (κ3) is 4.65. The molecule has 0 aromatic carbocycles. The second-order valence-electron chi connectivity index (χ2n) is 5.27. The van der Waals surface area contributed by atoms with Gasteiger partial charge in [-0.05, 0) is 37.0 Å². The molecule has 0 saturated carbocycles. The Balaban J connectivity index is 1.85. The smallest absolute Gasteiger partial charge is 0.101 e. The highest BCUT2D eigenvalue weighted by Gasteiger charge is 2.20. The zero-order chi connectivity index (χ0) is 15.1. The third-order valence-electron chi connectivity index (χ3n) is 3.57. The molecule has 5 nitrogen and oxygen atoms in total. The molecule has 0 amide bonds. The number of hydrogen-bond donors (Lipinski definition) is 1. The maximum Gasteiger partial charge on any atom is 0.101 e. The summed E-state index contributed by atoms with van der Waals surface area (Å²) in [4.78, 5) is 4.02. The number of hydrogen-bond acceptors (Lipinski definition) is 4. The molecule has 0 aliphatic rings. The largest absolute Gasteiger partial charge is 0.372 e. The number of nitrogens with two attached hydrogens (primary N) is 1. The van der Waals surface area contributed by atoms with E-state index in [9.17, 15) is 0 Å². The topological polar surface area (TPSA) is 66.0 Å². The summed E-state index contributed by atoms with van der Waals surface area (Å²) in [6.07, 6.45) is 10.2. The molecule has 2 atom stereocenters. The van der Waals surface area contributed by atoms with Crippen LogP contribution >= 0.6 is 0 Å². The molecule has 0 radical (unpaired) electrons. The lowest BCUT2D eigenvalue weighted by molar-refractivity contribution is 0.0321. The van der Waals surface area contributed by atoms with E-state index in [0.29, 0.717) is 6.61 Å². The average Bonchev–Trinajstić information content (AvgIpc) is 2.94. The maximum absolute atomic E-state index is 6.18. The second kappa shape index (κ2) is 7.90. The Bertz CT molecular complexity index is 526. The van der Waals surface area contributed by atoms with Gasteiger partial charge in [0.15, 0.2) is 0 Å². The van der Waals surface area contributed by atoms with Crippen LogP contribution in [0.1, 0.15) is 37.0 Å². The lowest BCUT2D eigenvalue weighted by Gasteiger charge is -2.22. The zero-order valence-electron chi connectivity index (χ0n) is 12.8. The van der Waals surface area contributed by atoms with Gasteiger partial charge in [0.05, 0.1) is 6.20 Å². The maximum atomic E-state index is 6.18. The van der Waals surface area contributed by atoms with Gasteiger partial charge in [-0.3, -0.25) is 9.67 Å². The van der Waals surface area contributed by atoms with E-state index in [2.05, 4.69) is 17.0 Å². The average molecular weight is 288 g/mol. The molecule has 2 heterocycles. The summed E-state index contributed by atoms with van der Waals surface area (Å²) in [5, 5.41) is 4.20. The van der Waals surface area contributed by atoms with Gasteiger partial charge < -0.3 is 10.5 Å². The first-order valence-electron chi connectivity index (χ1n) is 7.45. The lowest BCUT2D eigenvalue weighted by atomic mass is 10.0. The quantitative estimate of drug-likeness (QED) is 0.757. The summed E-state index contributed by atoms with van der Waals surface area (Å²) in [7, 11) is 1.90. The molecule has 5 heteroatoms. The number of nitrogens with zero attached hydrogens (tertiary/aromatic N) is 3. The monoisotopic (exact) mass is 288 g/mol. The van der Waals surface area contributed by atoms with Crippen molar-refractivity contribution in [1.82, 2.24) is 14.8 Å². The molecule has 2 unspecified atom stereocenters. The summed E-state index contributed by atoms with van der Waals surface area (Å²) in [5.41, 5.74) is 8.52. The molecule has 2 aromatic rings. The summed E-state index contributed by atoms with van der Waals surface area (Å²) < 4.78 is 7.80. The molecule has 2 aromatic heterocycles. The van der Waals surface area contributed by atoms with E-state index in [4.69, 9.17) is 10.5 Å². The number of ether oxygens (including phenoxy) is 1. The van der Waals surface area contributed by atoms with Crippen LogP contribution in [0, 0.1) is 0 Å². The number of pyridine rings is 1. The van der Waals surface area contributed by atoms with Crippen LogP contribution in [0.25, 0.3) is 0 Å². The van der Waals surface area contributed by atoms with Crippen molar-refractivity contribution in [3.05, 3.63) is 48.0 Å². The molecule has 0 bridgehead atoms. The Morgan fingerprint density at radius 1 is 1.33 bits per heavy atom. The summed E-state index contributed by atoms with van der Waals surface area (Å²) >= 11 is 0. The van der Waals surface area contributed by atoms with Gasteiger partial charge in [-0.25, -0.2) is 0 Å². The molecule has 0 saturated heterocycles. The highest BCUT2D eigenvalue weighted by Crippen LogP contribution is 2.22. The van der Waals surface area contributed by atoms with Gasteiger partial charge in [0.25, 0.3) is 0 Å². The van der Waals surface area contributed by atoms with Crippen molar-refractivity contribution >= 4 is 0 Å². The molecule has 0 fully saturated rings. The molecule has 2 rings (SSSR count). The van der Waals surface area contributed by atoms with Crippen molar-refractivity contribution < 1.29 is 4.74 Å². The first kappa shape index (κ1) is 15.7. The SMILES string of the molecule is CCC(N)C(OCCCc1ccncc1)c1cnn(C)c1. The molecular weight excluding hydrogens is 264 g/mol. The Morgan fingerprint density at radius 3 is 2.71 bits per heavy atom. The standard InChI is InChI=1S/C16H24N4O/c1-3-15(17)16(14-11-19-20(2)12-14)21-10-4-5-13-6-8-18-9-7-13/h6-9,11-12,15-16H,3-5,10,17H2,1-2H3. The zero-order valence-corrected chi connectivity index (χ0v) is 12.8. The first-order chi connectivity index (χ1) is 10.2. The van der Waals surface area contributed by atoms with E-state index in [0.717, 1.165) is 24.8 Å². The predicted octanol–water partition coefficient (Wildman–Crippen LogP) is 2.24. The summed E-state index contributed by atoms with van der Waals surface area (Å²) in [6, 6.07) is 4.07. The molecule has 0 aliphatic heterocycles. The summed E-state index contributed by atoms with van der Waals surface area (Å²) in [5.74, 6) is 0. The Kier molecular flexibility index (Phi) is 5.90. The second-order valence-corrected chi connectivity index (χ2v) is 5.27. The number of aromatic nitrogens is 3. The van der Waals surface area contributed by atoms with E-state index in [1.54, 1.807) is 4.68 Å². The Hall–Kier alpha value is -1.72. The highest BCUT2D eigenvalue weighted by molar-refractivity contribution is 5.11. The van der Waals surface area contributed by atoms with Gasteiger partial charge >= 0.3 is 0 Å². The van der Waals surface area contributed by atoms with Crippen LogP contribution < -0.4 is 5.73 Å². The van der Waals surface area contributed by atoms with Gasteiger partial charge in [0, 0.05) is 43.9 Å². The fourth-order valence-corrected chi connectivity index (χ4v) is 2.30. The van der Waals surface area contributed by atoms with E-state index in [1.165, 1.54) is 5.56 Å². The van der Waals surface area contributed by atoms with Crippen molar-refractivity contribution in [2.45, 2.75) is 38.3 Å². The van der Waals surface area contributed by atoms with Gasteiger partial charge in [-0.2, -0.15) is 5.10 Å². The number of rotatable bonds is 8. The first-order valence-corrected chi connectivity index (χ1v) is 7.45. The van der Waals surface area contributed by atoms with Gasteiger partial charge in [0.2, 0.25) is 0 Å². The fraction of sp³-hybridized carbons (Fsp3) is 0.500. The van der Waals surface area contributed by atoms with Crippen molar-refractivity contribution in [3.8, 4) is 0 Å². The minimum atomic E-state index is -0.0823. The van der Waals surface area contributed by atoms with Crippen molar-refractivity contribution in [1.29, 1.82) is 0 Å². The van der Waals surface area contributed by atoms with Crippen LogP contribution in [0.4, 0.5) is 0 Å². The normalized spacial score (nSPS) is 14.0. The van der Waals surface area contributed by atoms with Crippen molar-refractivity contribution in [2.75, 3.05) is 6.61 Å². The fourth-order valence-electron chi connectivity index (χ4n) is 2.30. The van der Waals surface area contributed by atoms with Crippen LogP contribution in [-0.4, -0.2) is 27.4 Å². The predicted molar refractivity (Wildman–Crippen MR) is 82.7 cm³/mol. The Labute approximate surface area is 126 Å². The van der Waals surface area contributed by atoms with Gasteiger partial charge in [-0.1, -0.05) is 6.92 Å². The molecule has 21 heavy (non-hydrogen) atoms. The van der Waals surface area contributed by atoms with Crippen LogP contribution in [0.3, 0.4) is 0 Å². The molecule has 0 spiro atoms. The molecule has 114 valence electrons. The van der Waals surface area contributed by atoms with Crippen LogP contribution in [0.5, 0.6) is 0 Å². The highest BCUT2D eigenvalue weighted by atomic mass is 16.5. The van der Waals surface area contributed by atoms with Crippen LogP contribution in [0.15, 0.2) is 36.9 Å². The minimum absolute atomic E-state index is 0.00451. The molecule has 2 N–H and O–H groups in total. The number of aryl methyl sites for hydroxylation is 2. The third-order valence-corrected chi connectivity index (χ3v) is 3.57. The summed E-state index contributed by atoms with van der Waals surface area (Å²) in [6.45, 7) is 2.77. The van der Waals surface area contributed by atoms with Gasteiger partial charge in [-0.15, -0.1) is 0 Å². The van der Waals surface area contributed by atoms with Gasteiger partial charge in [0.1, 0.15) is 6.10 Å². The minimum Gasteiger partial charge on any atom is -0.372 e. The van der Waals surface area contributed by atoms with E-state index >= 15 is 0 Å². The van der Waals surface area contributed by atoms with Crippen molar-refractivity contribution in [3.63, 3.8) is 0 Å². The lowest BCUT2D eigenvalue weighted by Crippen LogP contribution is -2.29. The van der Waals surface area contributed by atoms with E-state index in [-0.39, 0.29) is 12.1 Å². The Morgan fingerprint density at radius 2 is 2.10 bits per heavy atom. The van der Waals surface area contributed by atoms with Crippen LogP contribution in [0.2, 0.25) is 0 Å². The van der Waals surface area contributed by atoms with E-state index in [1.807, 2.05) is 44.0 Å². The molecule has 0 aliphatic carbocycles. The van der Waals surface area contributed by atoms with E-state index < -0.39 is 0 Å². The van der Waals surface area contributed by atoms with Crippen LogP contribution in [-0.2, 0) is 18.2 Å².